The van der Waals surface area contributed by atoms with Gasteiger partial charge in [0.1, 0.15) is 6.73 Å². The minimum atomic E-state index is -0.399. The number of aromatic amines is 2. The van der Waals surface area contributed by atoms with Crippen LogP contribution < -0.4 is 11.2 Å². The first-order valence-corrected chi connectivity index (χ1v) is 7.31. The number of rotatable bonds is 5. The lowest BCUT2D eigenvalue weighted by Gasteiger charge is -2.01. The van der Waals surface area contributed by atoms with Gasteiger partial charge in [0, 0.05) is 18.5 Å². The summed E-state index contributed by atoms with van der Waals surface area (Å²) in [5, 5.41) is 0. The van der Waals surface area contributed by atoms with Crippen LogP contribution in [0.4, 0.5) is 0 Å². The molecule has 22 heavy (non-hydrogen) atoms. The molecule has 0 saturated heterocycles. The van der Waals surface area contributed by atoms with Gasteiger partial charge in [-0.25, -0.2) is 9.20 Å². The van der Waals surface area contributed by atoms with Crippen LogP contribution in [-0.4, -0.2) is 30.5 Å². The van der Waals surface area contributed by atoms with E-state index in [9.17, 15) is 9.59 Å². The summed E-state index contributed by atoms with van der Waals surface area (Å²) in [5.74, 6) is 0.891. The molecule has 8 nitrogen and oxygen atoms in total. The summed E-state index contributed by atoms with van der Waals surface area (Å²) in [6.45, 7) is 6.58. The van der Waals surface area contributed by atoms with Crippen LogP contribution in [0.3, 0.4) is 0 Å². The number of fused-ring (bicyclic) bond motifs is 2. The molecule has 0 spiro atoms. The summed E-state index contributed by atoms with van der Waals surface area (Å²) in [6, 6.07) is 0. The average Bonchev–Trinajstić information content (AvgIpc) is 2.98. The second-order valence-electron chi connectivity index (χ2n) is 5.67. The van der Waals surface area contributed by atoms with Crippen LogP contribution in [0, 0.1) is 5.92 Å². The normalized spacial score (nSPS) is 12.0. The minimum Gasteiger partial charge on any atom is -0.361 e. The average molecular weight is 305 g/mol. The highest BCUT2D eigenvalue weighted by molar-refractivity contribution is 5.71. The lowest BCUT2D eigenvalue weighted by atomic mass is 10.1. The molecule has 0 amide bonds. The Kier molecular flexibility index (Phi) is 3.61. The van der Waals surface area contributed by atoms with Crippen molar-refractivity contribution in [1.29, 1.82) is 0 Å². The van der Waals surface area contributed by atoms with Crippen molar-refractivity contribution in [1.82, 2.24) is 23.9 Å². The van der Waals surface area contributed by atoms with Gasteiger partial charge in [-0.15, -0.1) is 0 Å². The molecule has 0 bridgehead atoms. The van der Waals surface area contributed by atoms with Crippen molar-refractivity contribution in [3.8, 4) is 0 Å². The van der Waals surface area contributed by atoms with Gasteiger partial charge in [-0.05, 0) is 19.3 Å². The van der Waals surface area contributed by atoms with Crippen LogP contribution in [0.2, 0.25) is 0 Å². The fraction of sp³-hybridized carbons (Fsp3) is 0.500. The fourth-order valence-corrected chi connectivity index (χ4v) is 2.48. The Labute approximate surface area is 125 Å². The van der Waals surface area contributed by atoms with E-state index in [1.807, 2.05) is 6.92 Å². The molecule has 0 saturated carbocycles. The third kappa shape index (κ3) is 2.35. The van der Waals surface area contributed by atoms with Gasteiger partial charge in [0.2, 0.25) is 5.78 Å². The lowest BCUT2D eigenvalue weighted by Crippen LogP contribution is -2.18. The Bertz CT molecular complexity index is 928. The predicted octanol–water partition coefficient (Wildman–Crippen LogP) is 0.858. The summed E-state index contributed by atoms with van der Waals surface area (Å²) in [7, 11) is 0. The first-order valence-electron chi connectivity index (χ1n) is 7.31. The maximum atomic E-state index is 12.5. The summed E-state index contributed by atoms with van der Waals surface area (Å²) >= 11 is 0. The van der Waals surface area contributed by atoms with Crippen LogP contribution in [0.5, 0.6) is 0 Å². The van der Waals surface area contributed by atoms with E-state index in [4.69, 9.17) is 4.74 Å². The van der Waals surface area contributed by atoms with Crippen LogP contribution in [0.15, 0.2) is 15.8 Å². The first-order chi connectivity index (χ1) is 10.5. The van der Waals surface area contributed by atoms with Crippen LogP contribution in [0.25, 0.3) is 16.9 Å². The van der Waals surface area contributed by atoms with E-state index >= 15 is 0 Å². The Morgan fingerprint density at radius 2 is 2.09 bits per heavy atom. The number of nitrogens with zero attached hydrogens (tertiary/aromatic N) is 3. The smallest absolute Gasteiger partial charge is 0.329 e. The SMILES string of the molecule is CCOCn1c(=O)[nH]c2c(=O)n3cc(CC(C)C)[nH]c3nc21. The quantitative estimate of drug-likeness (QED) is 0.730. The van der Waals surface area contributed by atoms with E-state index in [-0.39, 0.29) is 17.8 Å². The van der Waals surface area contributed by atoms with Gasteiger partial charge in [-0.2, -0.15) is 4.98 Å². The molecule has 3 rings (SSSR count). The van der Waals surface area contributed by atoms with Crippen molar-refractivity contribution in [2.75, 3.05) is 6.61 Å². The Hall–Kier alpha value is -2.35. The van der Waals surface area contributed by atoms with Gasteiger partial charge < -0.3 is 9.72 Å². The van der Waals surface area contributed by atoms with E-state index in [1.54, 1.807) is 6.20 Å². The van der Waals surface area contributed by atoms with Crippen molar-refractivity contribution >= 4 is 16.9 Å². The number of H-pyrrole nitrogens is 2. The van der Waals surface area contributed by atoms with Crippen molar-refractivity contribution < 1.29 is 4.74 Å². The zero-order valence-electron chi connectivity index (χ0n) is 12.8. The van der Waals surface area contributed by atoms with E-state index in [2.05, 4.69) is 28.8 Å². The van der Waals surface area contributed by atoms with Crippen LogP contribution in [-0.2, 0) is 17.9 Å². The zero-order chi connectivity index (χ0) is 15.9. The molecule has 0 aliphatic rings. The number of imidazole rings is 2. The van der Waals surface area contributed by atoms with E-state index in [0.29, 0.717) is 23.9 Å². The molecular weight excluding hydrogens is 286 g/mol. The van der Waals surface area contributed by atoms with Crippen molar-refractivity contribution in [2.45, 2.75) is 33.9 Å². The van der Waals surface area contributed by atoms with Gasteiger partial charge in [-0.1, -0.05) is 13.8 Å². The number of hydrogen-bond donors (Lipinski definition) is 2. The molecule has 3 aromatic rings. The third-order valence-corrected chi connectivity index (χ3v) is 3.44. The van der Waals surface area contributed by atoms with Gasteiger partial charge >= 0.3 is 5.69 Å². The second kappa shape index (κ2) is 5.45. The maximum Gasteiger partial charge on any atom is 0.329 e. The molecule has 0 radical (unpaired) electrons. The van der Waals surface area contributed by atoms with Crippen LogP contribution >= 0.6 is 0 Å². The predicted molar refractivity (Wildman–Crippen MR) is 82.1 cm³/mol. The molecule has 3 heterocycles. The Morgan fingerprint density at radius 1 is 1.32 bits per heavy atom. The molecular formula is C14H19N5O3. The van der Waals surface area contributed by atoms with Crippen molar-refractivity contribution in [3.63, 3.8) is 0 Å². The molecule has 0 unspecified atom stereocenters. The number of hydrogen-bond acceptors (Lipinski definition) is 4. The molecule has 0 aliphatic carbocycles. The topological polar surface area (TPSA) is 97.2 Å². The van der Waals surface area contributed by atoms with Crippen LogP contribution in [0.1, 0.15) is 26.5 Å². The third-order valence-electron chi connectivity index (χ3n) is 3.44. The zero-order valence-corrected chi connectivity index (χ0v) is 12.8. The van der Waals surface area contributed by atoms with E-state index in [0.717, 1.165) is 12.1 Å². The lowest BCUT2D eigenvalue weighted by molar-refractivity contribution is 0.0881. The van der Waals surface area contributed by atoms with Gasteiger partial charge in [0.25, 0.3) is 5.56 Å². The minimum absolute atomic E-state index is 0.0670. The standard InChI is InChI=1S/C14H19N5O3/c1-4-22-7-19-11-10(16-14(19)21)12(20)18-6-9(5-8(2)3)15-13(18)17-11/h6,8H,4-5,7H2,1-3H3,(H,15,17)(H,16,21). The highest BCUT2D eigenvalue weighted by Crippen LogP contribution is 2.10. The molecule has 0 aliphatic heterocycles. The number of ether oxygens (including phenoxy) is 1. The van der Waals surface area contributed by atoms with Crippen molar-refractivity contribution in [2.24, 2.45) is 5.92 Å². The molecule has 0 atom stereocenters. The Morgan fingerprint density at radius 3 is 2.77 bits per heavy atom. The number of aromatic nitrogens is 5. The molecule has 0 aromatic carbocycles. The van der Waals surface area contributed by atoms with Gasteiger partial charge in [0.15, 0.2) is 11.2 Å². The highest BCUT2D eigenvalue weighted by Gasteiger charge is 2.15. The molecule has 118 valence electrons. The largest absolute Gasteiger partial charge is 0.361 e. The van der Waals surface area contributed by atoms with Gasteiger partial charge in [0.05, 0.1) is 0 Å². The van der Waals surface area contributed by atoms with E-state index < -0.39 is 5.69 Å². The summed E-state index contributed by atoms with van der Waals surface area (Å²) in [4.78, 5) is 34.5. The Balaban J connectivity index is 2.21. The molecule has 2 N–H and O–H groups in total. The number of nitrogens with one attached hydrogen (secondary N) is 2. The van der Waals surface area contributed by atoms with E-state index in [1.165, 1.54) is 8.97 Å². The summed E-state index contributed by atoms with van der Waals surface area (Å²) in [5.41, 5.74) is 0.743. The summed E-state index contributed by atoms with van der Waals surface area (Å²) in [6.07, 6.45) is 2.56. The summed E-state index contributed by atoms with van der Waals surface area (Å²) < 4.78 is 8.01. The first kappa shape index (κ1) is 14.6. The molecule has 0 fully saturated rings. The molecule has 8 heteroatoms. The fourth-order valence-electron chi connectivity index (χ4n) is 2.48. The molecule has 3 aromatic heterocycles. The highest BCUT2D eigenvalue weighted by atomic mass is 16.5. The second-order valence-corrected chi connectivity index (χ2v) is 5.67. The maximum absolute atomic E-state index is 12.5. The monoisotopic (exact) mass is 305 g/mol. The van der Waals surface area contributed by atoms with Crippen molar-refractivity contribution in [3.05, 3.63) is 32.7 Å². The van der Waals surface area contributed by atoms with Gasteiger partial charge in [-0.3, -0.25) is 14.3 Å².